The predicted octanol–water partition coefficient (Wildman–Crippen LogP) is 1.99. The fourth-order valence-electron chi connectivity index (χ4n) is 1.90. The Kier molecular flexibility index (Phi) is 3.91. The summed E-state index contributed by atoms with van der Waals surface area (Å²) in [6.07, 6.45) is 4.57. The number of rotatable bonds is 6. The lowest BCUT2D eigenvalue weighted by atomic mass is 10.3. The Morgan fingerprint density at radius 2 is 2.33 bits per heavy atom. The highest BCUT2D eigenvalue weighted by Crippen LogP contribution is 2.37. The first-order valence-corrected chi connectivity index (χ1v) is 6.29. The van der Waals surface area contributed by atoms with E-state index in [1.807, 2.05) is 17.7 Å². The van der Waals surface area contributed by atoms with Gasteiger partial charge in [-0.25, -0.2) is 4.79 Å². The lowest BCUT2D eigenvalue weighted by molar-refractivity contribution is 0.0254. The average molecular weight is 252 g/mol. The fraction of sp³-hybridized carbons (Fsp3) is 0.615. The van der Waals surface area contributed by atoms with E-state index in [2.05, 4.69) is 0 Å². The van der Waals surface area contributed by atoms with Crippen LogP contribution in [0.4, 0.5) is 5.69 Å². The number of carbonyl (C=O) groups is 1. The van der Waals surface area contributed by atoms with Crippen molar-refractivity contribution in [3.63, 3.8) is 0 Å². The highest BCUT2D eigenvalue weighted by molar-refractivity contribution is 5.89. The monoisotopic (exact) mass is 252 g/mol. The van der Waals surface area contributed by atoms with Crippen LogP contribution in [0, 0.1) is 0 Å². The maximum absolute atomic E-state index is 12.0. The van der Waals surface area contributed by atoms with Gasteiger partial charge in [0, 0.05) is 32.4 Å². The summed E-state index contributed by atoms with van der Waals surface area (Å²) in [6, 6.07) is 2.10. The largest absolute Gasteiger partial charge is 0.458 e. The molecule has 2 N–H and O–H groups in total. The molecule has 18 heavy (non-hydrogen) atoms. The van der Waals surface area contributed by atoms with Gasteiger partial charge in [-0.3, -0.25) is 0 Å². The molecule has 5 heteroatoms. The first kappa shape index (κ1) is 13.0. The van der Waals surface area contributed by atoms with Gasteiger partial charge in [0.25, 0.3) is 0 Å². The van der Waals surface area contributed by atoms with Gasteiger partial charge in [0.05, 0.1) is 5.69 Å². The van der Waals surface area contributed by atoms with Crippen molar-refractivity contribution in [2.24, 2.45) is 0 Å². The Morgan fingerprint density at radius 3 is 2.94 bits per heavy atom. The maximum Gasteiger partial charge on any atom is 0.355 e. The Labute approximate surface area is 107 Å². The number of nitrogens with zero attached hydrogens (tertiary/aromatic N) is 1. The zero-order chi connectivity index (χ0) is 13.1. The third kappa shape index (κ3) is 3.04. The molecule has 2 rings (SSSR count). The summed E-state index contributed by atoms with van der Waals surface area (Å²) in [5, 5.41) is 0. The quantitative estimate of drug-likeness (QED) is 0.786. The van der Waals surface area contributed by atoms with Gasteiger partial charge in [-0.15, -0.1) is 0 Å². The van der Waals surface area contributed by atoms with Crippen molar-refractivity contribution in [1.82, 2.24) is 4.57 Å². The molecule has 1 atom stereocenters. The van der Waals surface area contributed by atoms with Gasteiger partial charge in [-0.2, -0.15) is 0 Å². The number of aromatic nitrogens is 1. The molecule has 0 amide bonds. The van der Waals surface area contributed by atoms with E-state index in [-0.39, 0.29) is 12.1 Å². The van der Waals surface area contributed by atoms with E-state index in [0.717, 1.165) is 12.8 Å². The van der Waals surface area contributed by atoms with Gasteiger partial charge in [0.2, 0.25) is 0 Å². The molecule has 1 aromatic rings. The summed E-state index contributed by atoms with van der Waals surface area (Å²) in [6.45, 7) is 2.45. The number of hydrogen-bond acceptors (Lipinski definition) is 4. The van der Waals surface area contributed by atoms with Crippen LogP contribution in [0.25, 0.3) is 0 Å². The molecule has 0 saturated heterocycles. The van der Waals surface area contributed by atoms with E-state index in [9.17, 15) is 4.79 Å². The molecule has 1 aromatic heterocycles. The zero-order valence-corrected chi connectivity index (χ0v) is 10.9. The minimum absolute atomic E-state index is 0.152. The normalized spacial score (nSPS) is 16.6. The second kappa shape index (κ2) is 5.44. The van der Waals surface area contributed by atoms with Crippen LogP contribution in [0.1, 0.15) is 42.7 Å². The fourth-order valence-corrected chi connectivity index (χ4v) is 1.90. The number of nitrogen functional groups attached to an aromatic ring is 1. The van der Waals surface area contributed by atoms with E-state index in [4.69, 9.17) is 15.2 Å². The summed E-state index contributed by atoms with van der Waals surface area (Å²) in [7, 11) is 1.63. The van der Waals surface area contributed by atoms with Crippen LogP contribution < -0.4 is 5.73 Å². The number of hydrogen-bond donors (Lipinski definition) is 1. The van der Waals surface area contributed by atoms with Crippen LogP contribution in [0.2, 0.25) is 0 Å². The lowest BCUT2D eigenvalue weighted by Crippen LogP contribution is -2.19. The van der Waals surface area contributed by atoms with Crippen molar-refractivity contribution in [1.29, 1.82) is 0 Å². The summed E-state index contributed by atoms with van der Waals surface area (Å²) in [4.78, 5) is 12.0. The van der Waals surface area contributed by atoms with Crippen molar-refractivity contribution >= 4 is 11.7 Å². The van der Waals surface area contributed by atoms with E-state index in [0.29, 0.717) is 30.5 Å². The number of nitrogens with two attached hydrogens (primary N) is 1. The molecule has 1 heterocycles. The lowest BCUT2D eigenvalue weighted by Gasteiger charge is -2.13. The average Bonchev–Trinajstić information content (AvgIpc) is 3.09. The number of carbonyl (C=O) groups excluding carboxylic acids is 1. The summed E-state index contributed by atoms with van der Waals surface area (Å²) < 4.78 is 12.3. The van der Waals surface area contributed by atoms with Gasteiger partial charge < -0.3 is 19.8 Å². The minimum Gasteiger partial charge on any atom is -0.458 e. The number of ether oxygens (including phenoxy) is 2. The van der Waals surface area contributed by atoms with Crippen LogP contribution in [0.15, 0.2) is 12.3 Å². The molecule has 1 fully saturated rings. The van der Waals surface area contributed by atoms with E-state index in [1.165, 1.54) is 0 Å². The van der Waals surface area contributed by atoms with E-state index < -0.39 is 0 Å². The predicted molar refractivity (Wildman–Crippen MR) is 68.5 cm³/mol. The summed E-state index contributed by atoms with van der Waals surface area (Å²) in [5.41, 5.74) is 6.91. The van der Waals surface area contributed by atoms with Gasteiger partial charge in [-0.05, 0) is 25.8 Å². The maximum atomic E-state index is 12.0. The SMILES string of the molecule is COCCC(C)OC(=O)c1cc(N)cn1C1CC1. The third-order valence-electron chi connectivity index (χ3n) is 3.06. The molecule has 100 valence electrons. The number of methoxy groups -OCH3 is 1. The van der Waals surface area contributed by atoms with Crippen LogP contribution in [0.3, 0.4) is 0 Å². The standard InChI is InChI=1S/C13H20N2O3/c1-9(5-6-17-2)18-13(16)12-7-10(14)8-15(12)11-3-4-11/h7-9,11H,3-6,14H2,1-2H3. The molecule has 1 aliphatic carbocycles. The van der Waals surface area contributed by atoms with Crippen molar-refractivity contribution in [3.05, 3.63) is 18.0 Å². The molecule has 0 spiro atoms. The zero-order valence-electron chi connectivity index (χ0n) is 10.9. The van der Waals surface area contributed by atoms with Gasteiger partial charge in [0.15, 0.2) is 0 Å². The molecule has 1 saturated carbocycles. The molecule has 0 radical (unpaired) electrons. The highest BCUT2D eigenvalue weighted by Gasteiger charge is 2.28. The molecular formula is C13H20N2O3. The van der Waals surface area contributed by atoms with Crippen molar-refractivity contribution in [3.8, 4) is 0 Å². The third-order valence-corrected chi connectivity index (χ3v) is 3.06. The van der Waals surface area contributed by atoms with Crippen LogP contribution in [-0.2, 0) is 9.47 Å². The Balaban J connectivity index is 1.99. The molecule has 1 unspecified atom stereocenters. The molecule has 0 aromatic carbocycles. The summed E-state index contributed by atoms with van der Waals surface area (Å²) in [5.74, 6) is -0.304. The first-order chi connectivity index (χ1) is 8.61. The van der Waals surface area contributed by atoms with Gasteiger partial charge in [-0.1, -0.05) is 0 Å². The number of anilines is 1. The van der Waals surface area contributed by atoms with Crippen molar-refractivity contribution in [2.75, 3.05) is 19.5 Å². The number of esters is 1. The van der Waals surface area contributed by atoms with Gasteiger partial charge >= 0.3 is 5.97 Å². The molecule has 0 bridgehead atoms. The summed E-state index contributed by atoms with van der Waals surface area (Å²) >= 11 is 0. The smallest absolute Gasteiger partial charge is 0.355 e. The second-order valence-corrected chi connectivity index (χ2v) is 4.79. The Morgan fingerprint density at radius 1 is 1.61 bits per heavy atom. The van der Waals surface area contributed by atoms with E-state index in [1.54, 1.807) is 13.2 Å². The van der Waals surface area contributed by atoms with Crippen LogP contribution in [-0.4, -0.2) is 30.4 Å². The second-order valence-electron chi connectivity index (χ2n) is 4.79. The van der Waals surface area contributed by atoms with E-state index >= 15 is 0 Å². The molecule has 0 aliphatic heterocycles. The van der Waals surface area contributed by atoms with Crippen LogP contribution in [0.5, 0.6) is 0 Å². The Bertz CT molecular complexity index is 424. The first-order valence-electron chi connectivity index (χ1n) is 6.29. The van der Waals surface area contributed by atoms with Crippen molar-refractivity contribution < 1.29 is 14.3 Å². The topological polar surface area (TPSA) is 66.5 Å². The molecular weight excluding hydrogens is 232 g/mol. The minimum atomic E-state index is -0.304. The van der Waals surface area contributed by atoms with Gasteiger partial charge in [0.1, 0.15) is 11.8 Å². The highest BCUT2D eigenvalue weighted by atomic mass is 16.5. The van der Waals surface area contributed by atoms with Crippen LogP contribution >= 0.6 is 0 Å². The molecule has 1 aliphatic rings. The molecule has 5 nitrogen and oxygen atoms in total. The van der Waals surface area contributed by atoms with Crippen molar-refractivity contribution in [2.45, 2.75) is 38.3 Å². The Hall–Kier alpha value is -1.49.